The number of benzene rings is 2. The summed E-state index contributed by atoms with van der Waals surface area (Å²) in [6, 6.07) is 14.8. The summed E-state index contributed by atoms with van der Waals surface area (Å²) in [5.41, 5.74) is 2.92. The van der Waals surface area contributed by atoms with Crippen molar-refractivity contribution in [3.05, 3.63) is 86.7 Å². The van der Waals surface area contributed by atoms with Gasteiger partial charge in [0.1, 0.15) is 17.2 Å². The van der Waals surface area contributed by atoms with Crippen molar-refractivity contribution >= 4 is 47.0 Å². The third-order valence-electron chi connectivity index (χ3n) is 4.05. The Labute approximate surface area is 187 Å². The number of carbonyl (C=O) groups excluding carboxylic acids is 2. The van der Waals surface area contributed by atoms with Crippen LogP contribution in [0.1, 0.15) is 20.8 Å². The summed E-state index contributed by atoms with van der Waals surface area (Å²) >= 11 is 7.48. The minimum Gasteiger partial charge on any atom is -0.507 e. The zero-order valence-electron chi connectivity index (χ0n) is 16.3. The van der Waals surface area contributed by atoms with Crippen molar-refractivity contribution in [1.29, 1.82) is 0 Å². The highest BCUT2D eigenvalue weighted by Gasteiger charge is 2.16. The van der Waals surface area contributed by atoms with Gasteiger partial charge in [0, 0.05) is 10.4 Å². The van der Waals surface area contributed by atoms with Gasteiger partial charge in [0.05, 0.1) is 23.9 Å². The van der Waals surface area contributed by atoms with Crippen LogP contribution in [0.5, 0.6) is 11.5 Å². The van der Waals surface area contributed by atoms with Gasteiger partial charge in [-0.3, -0.25) is 9.59 Å². The van der Waals surface area contributed by atoms with Crippen molar-refractivity contribution in [3.63, 3.8) is 0 Å². The summed E-state index contributed by atoms with van der Waals surface area (Å²) in [6.07, 6.45) is 2.81. The topological polar surface area (TPSA) is 100 Å². The summed E-state index contributed by atoms with van der Waals surface area (Å²) in [4.78, 5) is 26.1. The molecule has 9 heteroatoms. The highest BCUT2D eigenvalue weighted by Crippen LogP contribution is 2.21. The molecule has 0 bridgehead atoms. The molecule has 2 aromatic carbocycles. The van der Waals surface area contributed by atoms with E-state index in [1.807, 2.05) is 11.4 Å². The third kappa shape index (κ3) is 5.94. The zero-order chi connectivity index (χ0) is 22.2. The van der Waals surface area contributed by atoms with E-state index in [-0.39, 0.29) is 22.0 Å². The standard InChI is InChI=1S/C22H18ClN3O4S/c1-30-15-8-9-20(27)14(11-15)13-24-26-22(29)19(12-16-5-4-10-31-16)25-21(28)17-6-2-3-7-18(17)23/h2-13,27H,1H3,(H,25,28)(H,26,29)/b19-12-,24-13?. The summed E-state index contributed by atoms with van der Waals surface area (Å²) in [5, 5.41) is 18.5. The number of amides is 2. The van der Waals surface area contributed by atoms with Crippen LogP contribution >= 0.6 is 22.9 Å². The lowest BCUT2D eigenvalue weighted by molar-refractivity contribution is -0.117. The van der Waals surface area contributed by atoms with E-state index in [0.717, 1.165) is 4.88 Å². The van der Waals surface area contributed by atoms with Crippen molar-refractivity contribution in [1.82, 2.24) is 10.7 Å². The molecule has 0 unspecified atom stereocenters. The zero-order valence-corrected chi connectivity index (χ0v) is 17.9. The number of rotatable bonds is 7. The highest BCUT2D eigenvalue weighted by atomic mass is 35.5. The predicted molar refractivity (Wildman–Crippen MR) is 122 cm³/mol. The smallest absolute Gasteiger partial charge is 0.287 e. The van der Waals surface area contributed by atoms with E-state index in [4.69, 9.17) is 16.3 Å². The first-order valence-electron chi connectivity index (χ1n) is 8.99. The monoisotopic (exact) mass is 455 g/mol. The van der Waals surface area contributed by atoms with Crippen LogP contribution in [-0.4, -0.2) is 30.2 Å². The number of methoxy groups -OCH3 is 1. The maximum Gasteiger partial charge on any atom is 0.287 e. The van der Waals surface area contributed by atoms with Crippen LogP contribution in [0, 0.1) is 0 Å². The average Bonchev–Trinajstić information content (AvgIpc) is 3.28. The molecule has 0 aliphatic heterocycles. The average molecular weight is 456 g/mol. The molecule has 1 aromatic heterocycles. The molecule has 0 saturated heterocycles. The molecule has 0 aliphatic rings. The molecule has 3 N–H and O–H groups in total. The molecule has 0 atom stereocenters. The number of phenolic OH excluding ortho intramolecular Hbond substituents is 1. The van der Waals surface area contributed by atoms with E-state index in [1.54, 1.807) is 42.5 Å². The second-order valence-corrected chi connectivity index (χ2v) is 7.52. The lowest BCUT2D eigenvalue weighted by Crippen LogP contribution is -2.32. The van der Waals surface area contributed by atoms with Crippen LogP contribution in [-0.2, 0) is 4.79 Å². The summed E-state index contributed by atoms with van der Waals surface area (Å²) < 4.78 is 5.10. The Kier molecular flexibility index (Phi) is 7.42. The van der Waals surface area contributed by atoms with Crippen LogP contribution in [0.2, 0.25) is 5.02 Å². The first kappa shape index (κ1) is 22.1. The molecule has 0 spiro atoms. The second kappa shape index (κ2) is 10.4. The Bertz CT molecular complexity index is 1140. The van der Waals surface area contributed by atoms with Crippen molar-refractivity contribution < 1.29 is 19.4 Å². The second-order valence-electron chi connectivity index (χ2n) is 6.13. The Hall–Kier alpha value is -3.62. The third-order valence-corrected chi connectivity index (χ3v) is 5.19. The molecule has 0 aliphatic carbocycles. The fraction of sp³-hybridized carbons (Fsp3) is 0.0455. The number of nitrogens with zero attached hydrogens (tertiary/aromatic N) is 1. The molecule has 3 aromatic rings. The Morgan fingerprint density at radius 3 is 2.68 bits per heavy atom. The molecular weight excluding hydrogens is 438 g/mol. The number of nitrogens with one attached hydrogen (secondary N) is 2. The van der Waals surface area contributed by atoms with Crippen LogP contribution in [0.15, 0.2) is 70.8 Å². The van der Waals surface area contributed by atoms with Gasteiger partial charge in [0.25, 0.3) is 11.8 Å². The van der Waals surface area contributed by atoms with Gasteiger partial charge in [0.15, 0.2) is 0 Å². The van der Waals surface area contributed by atoms with Crippen molar-refractivity contribution in [2.24, 2.45) is 5.10 Å². The van der Waals surface area contributed by atoms with Crippen molar-refractivity contribution in [2.75, 3.05) is 7.11 Å². The summed E-state index contributed by atoms with van der Waals surface area (Å²) in [5.74, 6) is -0.679. The van der Waals surface area contributed by atoms with Crippen LogP contribution in [0.25, 0.3) is 6.08 Å². The number of thiophene rings is 1. The maximum atomic E-state index is 12.7. The number of halogens is 1. The van der Waals surface area contributed by atoms with Gasteiger partial charge < -0.3 is 15.2 Å². The van der Waals surface area contributed by atoms with E-state index < -0.39 is 11.8 Å². The van der Waals surface area contributed by atoms with Crippen LogP contribution in [0.4, 0.5) is 0 Å². The van der Waals surface area contributed by atoms with E-state index in [2.05, 4.69) is 15.8 Å². The van der Waals surface area contributed by atoms with E-state index >= 15 is 0 Å². The van der Waals surface area contributed by atoms with Crippen molar-refractivity contribution in [2.45, 2.75) is 0 Å². The number of ether oxygens (including phenoxy) is 1. The molecular formula is C22H18ClN3O4S. The lowest BCUT2D eigenvalue weighted by Gasteiger charge is -2.09. The first-order chi connectivity index (χ1) is 15.0. The Morgan fingerprint density at radius 1 is 1.16 bits per heavy atom. The first-order valence-corrected chi connectivity index (χ1v) is 10.2. The number of phenols is 1. The molecule has 31 heavy (non-hydrogen) atoms. The lowest BCUT2D eigenvalue weighted by atomic mass is 10.2. The largest absolute Gasteiger partial charge is 0.507 e. The van der Waals surface area contributed by atoms with Gasteiger partial charge in [-0.15, -0.1) is 11.3 Å². The maximum absolute atomic E-state index is 12.7. The number of hydrogen-bond acceptors (Lipinski definition) is 6. The van der Waals surface area contributed by atoms with Crippen molar-refractivity contribution in [3.8, 4) is 11.5 Å². The highest BCUT2D eigenvalue weighted by molar-refractivity contribution is 7.10. The fourth-order valence-corrected chi connectivity index (χ4v) is 3.37. The molecule has 0 saturated carbocycles. The molecule has 0 fully saturated rings. The van der Waals surface area contributed by atoms with Gasteiger partial charge >= 0.3 is 0 Å². The normalized spacial score (nSPS) is 11.4. The quantitative estimate of drug-likeness (QED) is 0.284. The van der Waals surface area contributed by atoms with Gasteiger partial charge in [-0.25, -0.2) is 5.43 Å². The van der Waals surface area contributed by atoms with Crippen LogP contribution < -0.4 is 15.5 Å². The number of hydrogen-bond donors (Lipinski definition) is 3. The minimum absolute atomic E-state index is 0.0145. The Balaban J connectivity index is 1.79. The van der Waals surface area contributed by atoms with Gasteiger partial charge in [-0.2, -0.15) is 5.10 Å². The molecule has 3 rings (SSSR count). The van der Waals surface area contributed by atoms with E-state index in [1.165, 1.54) is 36.8 Å². The van der Waals surface area contributed by atoms with Gasteiger partial charge in [0.2, 0.25) is 0 Å². The molecule has 0 radical (unpaired) electrons. The molecule has 158 valence electrons. The number of aromatic hydroxyl groups is 1. The number of carbonyl (C=O) groups is 2. The SMILES string of the molecule is COc1ccc(O)c(C=NNC(=O)/C(=C/c2cccs2)NC(=O)c2ccccc2Cl)c1. The summed E-state index contributed by atoms with van der Waals surface area (Å²) in [6.45, 7) is 0. The summed E-state index contributed by atoms with van der Waals surface area (Å²) in [7, 11) is 1.50. The van der Waals surface area contributed by atoms with Gasteiger partial charge in [-0.05, 0) is 47.9 Å². The van der Waals surface area contributed by atoms with E-state index in [9.17, 15) is 14.7 Å². The predicted octanol–water partition coefficient (Wildman–Crippen LogP) is 4.04. The molecule has 1 heterocycles. The van der Waals surface area contributed by atoms with Crippen LogP contribution in [0.3, 0.4) is 0 Å². The van der Waals surface area contributed by atoms with Gasteiger partial charge in [-0.1, -0.05) is 29.8 Å². The fourth-order valence-electron chi connectivity index (χ4n) is 2.49. The van der Waals surface area contributed by atoms with E-state index in [0.29, 0.717) is 11.3 Å². The Morgan fingerprint density at radius 2 is 1.97 bits per heavy atom. The molecule has 2 amide bonds. The number of hydrazone groups is 1. The molecule has 7 nitrogen and oxygen atoms in total. The minimum atomic E-state index is -0.646.